The molecule has 0 aliphatic rings. The zero-order valence-electron chi connectivity index (χ0n) is 16.3. The Morgan fingerprint density at radius 1 is 0.931 bits per heavy atom. The van der Waals surface area contributed by atoms with Crippen LogP contribution < -0.4 is 10.6 Å². The number of nitriles is 1. The van der Waals surface area contributed by atoms with E-state index in [1.165, 1.54) is 14.0 Å². The minimum absolute atomic E-state index is 0.197. The van der Waals surface area contributed by atoms with E-state index in [9.17, 15) is 14.4 Å². The molecule has 2 rings (SSSR count). The third-order valence-electron chi connectivity index (χ3n) is 4.30. The summed E-state index contributed by atoms with van der Waals surface area (Å²) in [6.45, 7) is 1.33. The number of esters is 1. The maximum Gasteiger partial charge on any atom is 0.328 e. The molecule has 7 nitrogen and oxygen atoms in total. The minimum Gasteiger partial charge on any atom is -0.467 e. The first-order valence-corrected chi connectivity index (χ1v) is 9.11. The SMILES string of the molecule is COC(=O)[C@@H](Cc1ccc(C#N)cc1)NC(=O)[C@H](Cc1ccccc1)NC(C)=O. The van der Waals surface area contributed by atoms with Crippen molar-refractivity contribution in [2.24, 2.45) is 0 Å². The summed E-state index contributed by atoms with van der Waals surface area (Å²) in [4.78, 5) is 36.6. The van der Waals surface area contributed by atoms with Gasteiger partial charge in [-0.05, 0) is 23.3 Å². The van der Waals surface area contributed by atoms with Crippen LogP contribution in [0.5, 0.6) is 0 Å². The Morgan fingerprint density at radius 3 is 2.07 bits per heavy atom. The van der Waals surface area contributed by atoms with E-state index in [1.54, 1.807) is 24.3 Å². The highest BCUT2D eigenvalue weighted by atomic mass is 16.5. The van der Waals surface area contributed by atoms with Crippen LogP contribution in [-0.4, -0.2) is 37.0 Å². The second-order valence-corrected chi connectivity index (χ2v) is 6.54. The second-order valence-electron chi connectivity index (χ2n) is 6.54. The Bertz CT molecular complexity index is 889. The molecule has 7 heteroatoms. The van der Waals surface area contributed by atoms with Crippen LogP contribution in [0.3, 0.4) is 0 Å². The Labute approximate surface area is 169 Å². The number of nitrogens with zero attached hydrogens (tertiary/aromatic N) is 1. The van der Waals surface area contributed by atoms with Gasteiger partial charge in [-0.3, -0.25) is 9.59 Å². The van der Waals surface area contributed by atoms with Crippen LogP contribution in [0.15, 0.2) is 54.6 Å². The van der Waals surface area contributed by atoms with E-state index in [0.717, 1.165) is 11.1 Å². The highest BCUT2D eigenvalue weighted by Crippen LogP contribution is 2.09. The molecule has 0 saturated carbocycles. The number of carbonyl (C=O) groups is 3. The summed E-state index contributed by atoms with van der Waals surface area (Å²) in [5.74, 6) is -1.42. The molecule has 0 bridgehead atoms. The van der Waals surface area contributed by atoms with Gasteiger partial charge in [0.05, 0.1) is 18.7 Å². The van der Waals surface area contributed by atoms with E-state index in [4.69, 9.17) is 10.00 Å². The van der Waals surface area contributed by atoms with Crippen molar-refractivity contribution in [1.82, 2.24) is 10.6 Å². The van der Waals surface area contributed by atoms with Crippen LogP contribution in [0.1, 0.15) is 23.6 Å². The number of benzene rings is 2. The average Bonchev–Trinajstić information content (AvgIpc) is 2.73. The van der Waals surface area contributed by atoms with Crippen LogP contribution in [0, 0.1) is 11.3 Å². The Morgan fingerprint density at radius 2 is 1.52 bits per heavy atom. The van der Waals surface area contributed by atoms with Crippen LogP contribution >= 0.6 is 0 Å². The molecule has 0 unspecified atom stereocenters. The predicted molar refractivity (Wildman–Crippen MR) is 107 cm³/mol. The van der Waals surface area contributed by atoms with Crippen molar-refractivity contribution in [2.45, 2.75) is 31.8 Å². The summed E-state index contributed by atoms with van der Waals surface area (Å²) in [5, 5.41) is 14.2. The monoisotopic (exact) mass is 393 g/mol. The summed E-state index contributed by atoms with van der Waals surface area (Å²) in [7, 11) is 1.25. The fourth-order valence-electron chi connectivity index (χ4n) is 2.86. The van der Waals surface area contributed by atoms with Crippen LogP contribution in [-0.2, 0) is 32.0 Å². The van der Waals surface area contributed by atoms with Crippen LogP contribution in [0.25, 0.3) is 0 Å². The Kier molecular flexibility index (Phi) is 7.92. The molecule has 2 aromatic rings. The number of hydrogen-bond donors (Lipinski definition) is 2. The van der Waals surface area contributed by atoms with Gasteiger partial charge in [0.25, 0.3) is 0 Å². The number of carbonyl (C=O) groups excluding carboxylic acids is 3. The average molecular weight is 393 g/mol. The van der Waals surface area contributed by atoms with Gasteiger partial charge in [0.1, 0.15) is 12.1 Å². The molecule has 2 aromatic carbocycles. The minimum atomic E-state index is -0.924. The Hall–Kier alpha value is -3.66. The number of rotatable bonds is 8. The third-order valence-corrected chi connectivity index (χ3v) is 4.30. The van der Waals surface area contributed by atoms with E-state index >= 15 is 0 Å². The maximum absolute atomic E-state index is 12.8. The summed E-state index contributed by atoms with van der Waals surface area (Å²) in [6.07, 6.45) is 0.485. The molecule has 29 heavy (non-hydrogen) atoms. The maximum atomic E-state index is 12.8. The first-order valence-electron chi connectivity index (χ1n) is 9.11. The topological polar surface area (TPSA) is 108 Å². The quantitative estimate of drug-likeness (QED) is 0.661. The van der Waals surface area contributed by atoms with Crippen molar-refractivity contribution in [1.29, 1.82) is 5.26 Å². The van der Waals surface area contributed by atoms with E-state index in [-0.39, 0.29) is 18.7 Å². The molecule has 0 aliphatic heterocycles. The van der Waals surface area contributed by atoms with Gasteiger partial charge >= 0.3 is 5.97 Å². The molecular formula is C22H23N3O4. The zero-order valence-corrected chi connectivity index (χ0v) is 16.3. The summed E-state index contributed by atoms with van der Waals surface area (Å²) >= 11 is 0. The molecule has 2 N–H and O–H groups in total. The molecule has 0 aliphatic carbocycles. The molecule has 0 spiro atoms. The second kappa shape index (κ2) is 10.6. The van der Waals surface area contributed by atoms with Gasteiger partial charge in [-0.15, -0.1) is 0 Å². The first kappa shape index (κ1) is 21.6. The summed E-state index contributed by atoms with van der Waals surface area (Å²) < 4.78 is 4.82. The lowest BCUT2D eigenvalue weighted by Crippen LogP contribution is -2.53. The summed E-state index contributed by atoms with van der Waals surface area (Å²) in [5.41, 5.74) is 2.14. The van der Waals surface area contributed by atoms with Crippen LogP contribution in [0.4, 0.5) is 0 Å². The molecule has 2 atom stereocenters. The standard InChI is InChI=1S/C22H23N3O4/c1-15(26)24-19(12-16-6-4-3-5-7-16)21(27)25-20(22(28)29-2)13-17-8-10-18(14-23)11-9-17/h3-11,19-20H,12-13H2,1-2H3,(H,24,26)(H,25,27)/t19-,20+/m0/s1. The van der Waals surface area contributed by atoms with Crippen molar-refractivity contribution in [3.8, 4) is 6.07 Å². The van der Waals surface area contributed by atoms with Gasteiger partial charge in [0.15, 0.2) is 0 Å². The van der Waals surface area contributed by atoms with Gasteiger partial charge in [-0.25, -0.2) is 4.79 Å². The van der Waals surface area contributed by atoms with E-state index < -0.39 is 24.0 Å². The molecule has 0 heterocycles. The molecule has 2 amide bonds. The molecular weight excluding hydrogens is 370 g/mol. The van der Waals surface area contributed by atoms with Gasteiger partial charge < -0.3 is 15.4 Å². The number of ether oxygens (including phenoxy) is 1. The van der Waals surface area contributed by atoms with Crippen molar-refractivity contribution >= 4 is 17.8 Å². The predicted octanol–water partition coefficient (Wildman–Crippen LogP) is 1.51. The lowest BCUT2D eigenvalue weighted by atomic mass is 10.0. The smallest absolute Gasteiger partial charge is 0.328 e. The Balaban J connectivity index is 2.15. The van der Waals surface area contributed by atoms with Crippen molar-refractivity contribution in [3.05, 3.63) is 71.3 Å². The fraction of sp³-hybridized carbons (Fsp3) is 0.273. The molecule has 0 aromatic heterocycles. The first-order chi connectivity index (χ1) is 13.9. The fourth-order valence-corrected chi connectivity index (χ4v) is 2.86. The van der Waals surface area contributed by atoms with Crippen LogP contribution in [0.2, 0.25) is 0 Å². The van der Waals surface area contributed by atoms with Crippen molar-refractivity contribution in [3.63, 3.8) is 0 Å². The number of methoxy groups -OCH3 is 1. The highest BCUT2D eigenvalue weighted by Gasteiger charge is 2.27. The number of hydrogen-bond acceptors (Lipinski definition) is 5. The van der Waals surface area contributed by atoms with E-state index in [0.29, 0.717) is 5.56 Å². The molecule has 0 saturated heterocycles. The lowest BCUT2D eigenvalue weighted by Gasteiger charge is -2.22. The van der Waals surface area contributed by atoms with Gasteiger partial charge in [0.2, 0.25) is 11.8 Å². The van der Waals surface area contributed by atoms with Crippen molar-refractivity contribution < 1.29 is 19.1 Å². The molecule has 0 fully saturated rings. The highest BCUT2D eigenvalue weighted by molar-refractivity contribution is 5.90. The normalized spacial score (nSPS) is 12.2. The largest absolute Gasteiger partial charge is 0.467 e. The zero-order chi connectivity index (χ0) is 21.2. The van der Waals surface area contributed by atoms with Gasteiger partial charge in [-0.2, -0.15) is 5.26 Å². The van der Waals surface area contributed by atoms with Gasteiger partial charge in [0, 0.05) is 19.8 Å². The number of amides is 2. The molecule has 150 valence electrons. The van der Waals surface area contributed by atoms with Crippen molar-refractivity contribution in [2.75, 3.05) is 7.11 Å². The summed E-state index contributed by atoms with van der Waals surface area (Å²) in [6, 6.07) is 16.3. The molecule has 0 radical (unpaired) electrons. The lowest BCUT2D eigenvalue weighted by molar-refractivity contribution is -0.145. The van der Waals surface area contributed by atoms with E-state index in [2.05, 4.69) is 10.6 Å². The van der Waals surface area contributed by atoms with Gasteiger partial charge in [-0.1, -0.05) is 42.5 Å². The number of nitrogens with one attached hydrogen (secondary N) is 2. The third kappa shape index (κ3) is 6.78. The van der Waals surface area contributed by atoms with E-state index in [1.807, 2.05) is 36.4 Å².